The lowest BCUT2D eigenvalue weighted by Crippen LogP contribution is -2.27. The lowest BCUT2D eigenvalue weighted by atomic mass is 9.92. The summed E-state index contributed by atoms with van der Waals surface area (Å²) in [5.74, 6) is -1.21. The van der Waals surface area contributed by atoms with Crippen LogP contribution in [0.25, 0.3) is 10.9 Å². The minimum atomic E-state index is -3.71. The van der Waals surface area contributed by atoms with Crippen molar-refractivity contribution in [2.45, 2.75) is 63.7 Å². The number of nitrogens with zero attached hydrogens (tertiary/aromatic N) is 1. The Kier molecular flexibility index (Phi) is 5.09. The number of nitrogens with one attached hydrogen (secondary N) is 1. The zero-order valence-electron chi connectivity index (χ0n) is 19.7. The first-order chi connectivity index (χ1) is 16.4. The van der Waals surface area contributed by atoms with E-state index in [9.17, 15) is 18.4 Å². The summed E-state index contributed by atoms with van der Waals surface area (Å²) in [4.78, 5) is 24.4. The minimum Gasteiger partial charge on any atom is -0.481 e. The molecule has 0 spiro atoms. The summed E-state index contributed by atoms with van der Waals surface area (Å²) in [5.41, 5.74) is 2.10. The maximum atomic E-state index is 13.4. The summed E-state index contributed by atoms with van der Waals surface area (Å²) in [6, 6.07) is 12.0. The van der Waals surface area contributed by atoms with E-state index in [2.05, 4.69) is 35.6 Å². The van der Waals surface area contributed by atoms with E-state index in [1.807, 2.05) is 22.8 Å². The van der Waals surface area contributed by atoms with Crippen molar-refractivity contribution in [1.29, 1.82) is 0 Å². The number of benzene rings is 2. The standard InChI is InChI=1S/C26H26F2N2O5/c1-24(2,3)21-13-15-12-17(5-6-18(15)30(21)11-8-22(31)32)29-23(33)25(9-10-25)16-4-7-19-20(14-16)35-26(27,28)34-19/h4-7,12-14H,8-11H2,1-3H3,(H,29,33)(H,31,32). The van der Waals surface area contributed by atoms with Crippen molar-refractivity contribution in [1.82, 2.24) is 4.57 Å². The van der Waals surface area contributed by atoms with Gasteiger partial charge < -0.3 is 24.5 Å². The fraction of sp³-hybridized carbons (Fsp3) is 0.385. The number of ether oxygens (including phenoxy) is 2. The largest absolute Gasteiger partial charge is 0.586 e. The van der Waals surface area contributed by atoms with Crippen LogP contribution in [0.4, 0.5) is 14.5 Å². The van der Waals surface area contributed by atoms with E-state index in [4.69, 9.17) is 5.11 Å². The number of amides is 1. The molecule has 0 atom stereocenters. The molecule has 3 aromatic rings. The van der Waals surface area contributed by atoms with Crippen LogP contribution >= 0.6 is 0 Å². The number of carboxylic acid groups (broad SMARTS) is 1. The Hall–Kier alpha value is -3.62. The Bertz CT molecular complexity index is 1350. The molecule has 2 aromatic carbocycles. The molecule has 9 heteroatoms. The highest BCUT2D eigenvalue weighted by atomic mass is 19.3. The number of rotatable bonds is 6. The van der Waals surface area contributed by atoms with Gasteiger partial charge in [-0.1, -0.05) is 26.8 Å². The van der Waals surface area contributed by atoms with Gasteiger partial charge in [-0.25, -0.2) is 0 Å². The summed E-state index contributed by atoms with van der Waals surface area (Å²) in [5, 5.41) is 13.0. The van der Waals surface area contributed by atoms with E-state index in [0.717, 1.165) is 16.6 Å². The molecule has 1 fully saturated rings. The van der Waals surface area contributed by atoms with Gasteiger partial charge in [-0.3, -0.25) is 9.59 Å². The zero-order valence-corrected chi connectivity index (χ0v) is 19.7. The summed E-state index contributed by atoms with van der Waals surface area (Å²) in [6.07, 6.45) is -2.51. The number of aromatic nitrogens is 1. The van der Waals surface area contributed by atoms with E-state index in [-0.39, 0.29) is 29.2 Å². The van der Waals surface area contributed by atoms with Gasteiger partial charge in [0.15, 0.2) is 11.5 Å². The number of halogens is 2. The predicted molar refractivity (Wildman–Crippen MR) is 125 cm³/mol. The lowest BCUT2D eigenvalue weighted by molar-refractivity contribution is -0.286. The van der Waals surface area contributed by atoms with Gasteiger partial charge in [0.05, 0.1) is 11.8 Å². The molecule has 7 nitrogen and oxygen atoms in total. The highest BCUT2D eigenvalue weighted by Crippen LogP contribution is 2.52. The van der Waals surface area contributed by atoms with Crippen LogP contribution in [0.5, 0.6) is 11.5 Å². The van der Waals surface area contributed by atoms with E-state index in [0.29, 0.717) is 30.6 Å². The average molecular weight is 484 g/mol. The Morgan fingerprint density at radius 3 is 2.43 bits per heavy atom. The molecule has 5 rings (SSSR count). The van der Waals surface area contributed by atoms with Crippen LogP contribution in [0.2, 0.25) is 0 Å². The van der Waals surface area contributed by atoms with Gasteiger partial charge in [0, 0.05) is 34.2 Å². The molecule has 0 radical (unpaired) electrons. The quantitative estimate of drug-likeness (QED) is 0.489. The number of carbonyl (C=O) groups excluding carboxylic acids is 1. The molecule has 1 aliphatic carbocycles. The SMILES string of the molecule is CC(C)(C)c1cc2cc(NC(=O)C3(c4ccc5c(c4)OC(F)(F)O5)CC3)ccc2n1CCC(=O)O. The van der Waals surface area contributed by atoms with Crippen LogP contribution in [-0.2, 0) is 27.0 Å². The highest BCUT2D eigenvalue weighted by Gasteiger charge is 2.52. The second-order valence-corrected chi connectivity index (χ2v) is 10.2. The molecular weight excluding hydrogens is 458 g/mol. The van der Waals surface area contributed by atoms with Gasteiger partial charge >= 0.3 is 12.3 Å². The molecule has 0 bridgehead atoms. The number of alkyl halides is 2. The molecule has 2 N–H and O–H groups in total. The number of aliphatic carboxylic acids is 1. The molecule has 35 heavy (non-hydrogen) atoms. The van der Waals surface area contributed by atoms with Gasteiger partial charge in [0.25, 0.3) is 0 Å². The number of hydrogen-bond acceptors (Lipinski definition) is 4. The van der Waals surface area contributed by atoms with Crippen LogP contribution in [0.15, 0.2) is 42.5 Å². The molecular formula is C26H26F2N2O5. The zero-order chi connectivity index (χ0) is 25.2. The Labute approximate surface area is 200 Å². The number of fused-ring (bicyclic) bond motifs is 2. The third-order valence-corrected chi connectivity index (χ3v) is 6.62. The Morgan fingerprint density at radius 1 is 1.06 bits per heavy atom. The maximum absolute atomic E-state index is 13.4. The molecule has 0 unspecified atom stereocenters. The first-order valence-electron chi connectivity index (χ1n) is 11.5. The van der Waals surface area contributed by atoms with Gasteiger partial charge in [0.2, 0.25) is 5.91 Å². The third-order valence-electron chi connectivity index (χ3n) is 6.62. The maximum Gasteiger partial charge on any atom is 0.586 e. The number of carboxylic acids is 1. The van der Waals surface area contributed by atoms with Crippen LogP contribution in [0.1, 0.15) is 51.3 Å². The topological polar surface area (TPSA) is 89.8 Å². The molecule has 1 aromatic heterocycles. The van der Waals surface area contributed by atoms with Crippen LogP contribution in [0.3, 0.4) is 0 Å². The number of aryl methyl sites for hydroxylation is 1. The first-order valence-corrected chi connectivity index (χ1v) is 11.5. The van der Waals surface area contributed by atoms with Crippen molar-refractivity contribution in [2.75, 3.05) is 5.32 Å². The third kappa shape index (κ3) is 4.19. The molecule has 0 saturated heterocycles. The van der Waals surface area contributed by atoms with Crippen molar-refractivity contribution in [3.8, 4) is 11.5 Å². The lowest BCUT2D eigenvalue weighted by Gasteiger charge is -2.21. The fourth-order valence-electron chi connectivity index (χ4n) is 4.69. The summed E-state index contributed by atoms with van der Waals surface area (Å²) in [6.45, 7) is 6.56. The second kappa shape index (κ2) is 7.69. The number of hydrogen-bond donors (Lipinski definition) is 2. The van der Waals surface area contributed by atoms with Gasteiger partial charge in [-0.2, -0.15) is 0 Å². The number of carbonyl (C=O) groups is 2. The van der Waals surface area contributed by atoms with E-state index in [1.54, 1.807) is 12.1 Å². The smallest absolute Gasteiger partial charge is 0.481 e. The summed E-state index contributed by atoms with van der Waals surface area (Å²) in [7, 11) is 0. The first kappa shape index (κ1) is 23.1. The van der Waals surface area contributed by atoms with E-state index in [1.165, 1.54) is 12.1 Å². The Morgan fingerprint density at radius 2 is 1.77 bits per heavy atom. The van der Waals surface area contributed by atoms with Crippen LogP contribution < -0.4 is 14.8 Å². The normalized spacial score (nSPS) is 17.4. The summed E-state index contributed by atoms with van der Waals surface area (Å²) < 4.78 is 37.8. The molecule has 2 aliphatic rings. The number of anilines is 1. The molecule has 2 heterocycles. The average Bonchev–Trinajstić information content (AvgIpc) is 3.39. The van der Waals surface area contributed by atoms with Crippen LogP contribution in [-0.4, -0.2) is 27.8 Å². The van der Waals surface area contributed by atoms with Crippen LogP contribution in [0, 0.1) is 0 Å². The van der Waals surface area contributed by atoms with Crippen molar-refractivity contribution in [3.63, 3.8) is 0 Å². The minimum absolute atomic E-state index is 0.00926. The Balaban J connectivity index is 1.41. The van der Waals surface area contributed by atoms with E-state index < -0.39 is 17.7 Å². The van der Waals surface area contributed by atoms with Crippen molar-refractivity contribution in [3.05, 3.63) is 53.7 Å². The second-order valence-electron chi connectivity index (χ2n) is 10.2. The molecule has 1 aliphatic heterocycles. The summed E-state index contributed by atoms with van der Waals surface area (Å²) >= 11 is 0. The predicted octanol–water partition coefficient (Wildman–Crippen LogP) is 5.41. The fourth-order valence-corrected chi connectivity index (χ4v) is 4.69. The molecule has 1 amide bonds. The highest BCUT2D eigenvalue weighted by molar-refractivity contribution is 6.02. The van der Waals surface area contributed by atoms with Gasteiger partial charge in [-0.15, -0.1) is 8.78 Å². The van der Waals surface area contributed by atoms with Crippen molar-refractivity contribution >= 4 is 28.5 Å². The molecule has 184 valence electrons. The van der Waals surface area contributed by atoms with Gasteiger partial charge in [-0.05, 0) is 54.8 Å². The molecule has 1 saturated carbocycles. The van der Waals surface area contributed by atoms with Crippen molar-refractivity contribution < 1.29 is 33.0 Å². The monoisotopic (exact) mass is 484 g/mol. The van der Waals surface area contributed by atoms with Gasteiger partial charge in [0.1, 0.15) is 0 Å². The van der Waals surface area contributed by atoms with Crippen molar-refractivity contribution in [2.24, 2.45) is 0 Å². The van der Waals surface area contributed by atoms with E-state index >= 15 is 0 Å².